The molecule has 2 rings (SSSR count). The van der Waals surface area contributed by atoms with E-state index in [-0.39, 0.29) is 0 Å². The van der Waals surface area contributed by atoms with E-state index in [4.69, 9.17) is 5.26 Å². The van der Waals surface area contributed by atoms with Crippen molar-refractivity contribution in [1.82, 2.24) is 20.2 Å². The van der Waals surface area contributed by atoms with Crippen LogP contribution in [-0.4, -0.2) is 20.2 Å². The molecular formula is C11H11N5. The van der Waals surface area contributed by atoms with E-state index < -0.39 is 6.04 Å². The summed E-state index contributed by atoms with van der Waals surface area (Å²) in [5, 5.41) is 20.6. The van der Waals surface area contributed by atoms with Gasteiger partial charge in [-0.15, -0.1) is 15.0 Å². The Bertz CT molecular complexity index is 520. The summed E-state index contributed by atoms with van der Waals surface area (Å²) >= 11 is 0. The minimum atomic E-state index is -0.397. The highest BCUT2D eigenvalue weighted by Crippen LogP contribution is 2.14. The summed E-state index contributed by atoms with van der Waals surface area (Å²) in [6, 6.07) is 9.51. The van der Waals surface area contributed by atoms with Gasteiger partial charge in [0.05, 0.1) is 6.07 Å². The van der Waals surface area contributed by atoms with Crippen molar-refractivity contribution in [3.63, 3.8) is 0 Å². The summed E-state index contributed by atoms with van der Waals surface area (Å²) in [5.41, 5.74) is 2.09. The van der Waals surface area contributed by atoms with Gasteiger partial charge >= 0.3 is 0 Å². The van der Waals surface area contributed by atoms with Crippen molar-refractivity contribution in [2.24, 2.45) is 0 Å². The van der Waals surface area contributed by atoms with Gasteiger partial charge in [0.2, 0.25) is 5.82 Å². The number of nitrogens with zero attached hydrogens (tertiary/aromatic N) is 5. The van der Waals surface area contributed by atoms with Crippen LogP contribution >= 0.6 is 0 Å². The summed E-state index contributed by atoms with van der Waals surface area (Å²) in [6.07, 6.45) is 0. The summed E-state index contributed by atoms with van der Waals surface area (Å²) in [5.74, 6) is 0.544. The van der Waals surface area contributed by atoms with Gasteiger partial charge in [0.1, 0.15) is 0 Å². The van der Waals surface area contributed by atoms with E-state index in [1.807, 2.05) is 31.2 Å². The molecule has 1 aromatic carbocycles. The molecule has 0 radical (unpaired) electrons. The van der Waals surface area contributed by atoms with Crippen molar-refractivity contribution < 1.29 is 0 Å². The Kier molecular flexibility index (Phi) is 2.64. The van der Waals surface area contributed by atoms with Crippen molar-refractivity contribution in [2.45, 2.75) is 19.9 Å². The van der Waals surface area contributed by atoms with Crippen molar-refractivity contribution in [1.29, 1.82) is 5.26 Å². The Balaban J connectivity index is 2.32. The Morgan fingerprint density at radius 1 is 1.31 bits per heavy atom. The maximum atomic E-state index is 8.73. The smallest absolute Gasteiger partial charge is 0.196 e. The van der Waals surface area contributed by atoms with Crippen molar-refractivity contribution in [2.75, 3.05) is 0 Å². The predicted molar refractivity (Wildman–Crippen MR) is 58.3 cm³/mol. The van der Waals surface area contributed by atoms with Crippen LogP contribution in [0, 0.1) is 18.3 Å². The van der Waals surface area contributed by atoms with Crippen LogP contribution in [0.25, 0.3) is 11.4 Å². The lowest BCUT2D eigenvalue weighted by atomic mass is 10.1. The summed E-state index contributed by atoms with van der Waals surface area (Å²) < 4.78 is 0. The van der Waals surface area contributed by atoms with E-state index in [0.717, 1.165) is 5.56 Å². The van der Waals surface area contributed by atoms with Crippen LogP contribution in [0.4, 0.5) is 0 Å². The van der Waals surface area contributed by atoms with E-state index in [1.54, 1.807) is 6.92 Å². The SMILES string of the molecule is Cc1ccc(-c2nnn(C(C)C#N)n2)cc1. The molecule has 2 aromatic rings. The molecule has 0 bridgehead atoms. The monoisotopic (exact) mass is 213 g/mol. The lowest BCUT2D eigenvalue weighted by molar-refractivity contribution is 0.501. The highest BCUT2D eigenvalue weighted by atomic mass is 15.6. The van der Waals surface area contributed by atoms with Crippen LogP contribution in [0.5, 0.6) is 0 Å². The summed E-state index contributed by atoms with van der Waals surface area (Å²) in [7, 11) is 0. The Hall–Kier alpha value is -2.22. The quantitative estimate of drug-likeness (QED) is 0.761. The minimum Gasteiger partial charge on any atom is -0.196 e. The number of aromatic nitrogens is 4. The first kappa shape index (κ1) is 10.3. The number of hydrogen-bond acceptors (Lipinski definition) is 4. The molecule has 0 saturated heterocycles. The van der Waals surface area contributed by atoms with Gasteiger partial charge in [0, 0.05) is 5.56 Å². The maximum absolute atomic E-state index is 8.73. The largest absolute Gasteiger partial charge is 0.204 e. The second-order valence-corrected chi connectivity index (χ2v) is 3.60. The number of tetrazole rings is 1. The van der Waals surface area contributed by atoms with Gasteiger partial charge in [-0.25, -0.2) is 0 Å². The molecule has 1 aromatic heterocycles. The molecule has 0 amide bonds. The second kappa shape index (κ2) is 4.11. The Morgan fingerprint density at radius 2 is 2.00 bits per heavy atom. The fourth-order valence-corrected chi connectivity index (χ4v) is 1.26. The van der Waals surface area contributed by atoms with Crippen LogP contribution in [0.3, 0.4) is 0 Å². The Labute approximate surface area is 93.3 Å². The molecule has 0 aliphatic heterocycles. The number of aryl methyl sites for hydroxylation is 1. The molecule has 0 aliphatic rings. The third-order valence-electron chi connectivity index (χ3n) is 2.27. The molecule has 80 valence electrons. The average Bonchev–Trinajstić information content (AvgIpc) is 2.78. The van der Waals surface area contributed by atoms with Gasteiger partial charge in [-0.1, -0.05) is 29.8 Å². The molecule has 0 aliphatic carbocycles. The topological polar surface area (TPSA) is 67.4 Å². The molecular weight excluding hydrogens is 202 g/mol. The van der Waals surface area contributed by atoms with E-state index >= 15 is 0 Å². The molecule has 1 heterocycles. The zero-order valence-electron chi connectivity index (χ0n) is 9.12. The van der Waals surface area contributed by atoms with Gasteiger partial charge in [-0.2, -0.15) is 5.26 Å². The van der Waals surface area contributed by atoms with Gasteiger partial charge < -0.3 is 0 Å². The molecule has 16 heavy (non-hydrogen) atoms. The Morgan fingerprint density at radius 3 is 2.62 bits per heavy atom. The fourth-order valence-electron chi connectivity index (χ4n) is 1.26. The van der Waals surface area contributed by atoms with Crippen molar-refractivity contribution >= 4 is 0 Å². The number of hydrogen-bond donors (Lipinski definition) is 0. The molecule has 1 atom stereocenters. The van der Waals surface area contributed by atoms with E-state index in [2.05, 4.69) is 21.5 Å². The summed E-state index contributed by atoms with van der Waals surface area (Å²) in [6.45, 7) is 3.74. The lowest BCUT2D eigenvalue weighted by Gasteiger charge is -1.97. The maximum Gasteiger partial charge on any atom is 0.204 e. The van der Waals surface area contributed by atoms with Gasteiger partial charge in [0.25, 0.3) is 0 Å². The first-order valence-corrected chi connectivity index (χ1v) is 4.97. The van der Waals surface area contributed by atoms with Crippen LogP contribution in [0.15, 0.2) is 24.3 Å². The zero-order chi connectivity index (χ0) is 11.5. The number of rotatable bonds is 2. The lowest BCUT2D eigenvalue weighted by Crippen LogP contribution is -2.06. The van der Waals surface area contributed by atoms with E-state index in [1.165, 1.54) is 10.4 Å². The molecule has 1 unspecified atom stereocenters. The average molecular weight is 213 g/mol. The molecule has 0 N–H and O–H groups in total. The minimum absolute atomic E-state index is 0.397. The predicted octanol–water partition coefficient (Wildman–Crippen LogP) is 1.73. The standard InChI is InChI=1S/C11H11N5/c1-8-3-5-10(6-4-8)11-13-15-16(14-11)9(2)7-12/h3-6,9H,1-2H3. The second-order valence-electron chi connectivity index (χ2n) is 3.60. The molecule has 5 heteroatoms. The van der Waals surface area contributed by atoms with Crippen LogP contribution in [-0.2, 0) is 0 Å². The third-order valence-corrected chi connectivity index (χ3v) is 2.27. The third kappa shape index (κ3) is 1.91. The first-order chi connectivity index (χ1) is 7.70. The van der Waals surface area contributed by atoms with Crippen LogP contribution < -0.4 is 0 Å². The van der Waals surface area contributed by atoms with E-state index in [9.17, 15) is 0 Å². The molecule has 0 saturated carbocycles. The van der Waals surface area contributed by atoms with E-state index in [0.29, 0.717) is 5.82 Å². The molecule has 0 fully saturated rings. The number of nitriles is 1. The van der Waals surface area contributed by atoms with Crippen LogP contribution in [0.1, 0.15) is 18.5 Å². The van der Waals surface area contributed by atoms with Gasteiger partial charge in [-0.05, 0) is 19.1 Å². The summed E-state index contributed by atoms with van der Waals surface area (Å²) in [4.78, 5) is 1.31. The molecule has 5 nitrogen and oxygen atoms in total. The van der Waals surface area contributed by atoms with Crippen LogP contribution in [0.2, 0.25) is 0 Å². The fraction of sp³-hybridized carbons (Fsp3) is 0.273. The van der Waals surface area contributed by atoms with Gasteiger partial charge in [-0.3, -0.25) is 0 Å². The van der Waals surface area contributed by atoms with Crippen molar-refractivity contribution in [3.8, 4) is 17.5 Å². The molecule has 0 spiro atoms. The highest BCUT2D eigenvalue weighted by Gasteiger charge is 2.09. The normalized spacial score (nSPS) is 12.1. The highest BCUT2D eigenvalue weighted by molar-refractivity contribution is 5.54. The van der Waals surface area contributed by atoms with Gasteiger partial charge in [0.15, 0.2) is 6.04 Å². The van der Waals surface area contributed by atoms with Crippen molar-refractivity contribution in [3.05, 3.63) is 29.8 Å². The first-order valence-electron chi connectivity index (χ1n) is 4.97. The zero-order valence-corrected chi connectivity index (χ0v) is 9.12. The number of benzene rings is 1.